The SMILES string of the molecule is COc1cc(F)ccc1C(C)NN. The summed E-state index contributed by atoms with van der Waals surface area (Å²) in [5, 5.41) is 0. The minimum Gasteiger partial charge on any atom is -0.496 e. The number of hydrogen-bond acceptors (Lipinski definition) is 3. The number of hydrogen-bond donors (Lipinski definition) is 2. The minimum absolute atomic E-state index is 0.0597. The van der Waals surface area contributed by atoms with E-state index in [4.69, 9.17) is 10.6 Å². The number of methoxy groups -OCH3 is 1. The van der Waals surface area contributed by atoms with Gasteiger partial charge in [-0.3, -0.25) is 11.3 Å². The predicted octanol–water partition coefficient (Wildman–Crippen LogP) is 1.36. The Kier molecular flexibility index (Phi) is 3.22. The van der Waals surface area contributed by atoms with Gasteiger partial charge in [-0.25, -0.2) is 4.39 Å². The molecule has 3 nitrogen and oxygen atoms in total. The number of nitrogens with two attached hydrogens (primary N) is 1. The highest BCUT2D eigenvalue weighted by atomic mass is 19.1. The van der Waals surface area contributed by atoms with Crippen LogP contribution < -0.4 is 16.0 Å². The van der Waals surface area contributed by atoms with E-state index in [1.165, 1.54) is 19.2 Å². The molecule has 0 saturated carbocycles. The quantitative estimate of drug-likeness (QED) is 0.550. The van der Waals surface area contributed by atoms with Gasteiger partial charge in [-0.1, -0.05) is 6.07 Å². The van der Waals surface area contributed by atoms with E-state index in [9.17, 15) is 4.39 Å². The standard InChI is InChI=1S/C9H13FN2O/c1-6(12-11)8-4-3-7(10)5-9(8)13-2/h3-6,12H,11H2,1-2H3. The fraction of sp³-hybridized carbons (Fsp3) is 0.333. The third-order valence-electron chi connectivity index (χ3n) is 1.91. The van der Waals surface area contributed by atoms with Gasteiger partial charge in [0.1, 0.15) is 11.6 Å². The summed E-state index contributed by atoms with van der Waals surface area (Å²) >= 11 is 0. The Morgan fingerprint density at radius 1 is 1.54 bits per heavy atom. The summed E-state index contributed by atoms with van der Waals surface area (Å²) in [5.74, 6) is 5.46. The Morgan fingerprint density at radius 3 is 2.77 bits per heavy atom. The lowest BCUT2D eigenvalue weighted by Gasteiger charge is -2.14. The molecular formula is C9H13FN2O. The van der Waals surface area contributed by atoms with Gasteiger partial charge in [0.25, 0.3) is 0 Å². The van der Waals surface area contributed by atoms with Crippen molar-refractivity contribution in [2.45, 2.75) is 13.0 Å². The summed E-state index contributed by atoms with van der Waals surface area (Å²) < 4.78 is 17.8. The van der Waals surface area contributed by atoms with Gasteiger partial charge in [-0.2, -0.15) is 0 Å². The van der Waals surface area contributed by atoms with E-state index >= 15 is 0 Å². The summed E-state index contributed by atoms with van der Waals surface area (Å²) in [7, 11) is 1.50. The Labute approximate surface area is 76.7 Å². The smallest absolute Gasteiger partial charge is 0.126 e. The van der Waals surface area contributed by atoms with Gasteiger partial charge in [0.15, 0.2) is 0 Å². The van der Waals surface area contributed by atoms with Crippen LogP contribution in [0.1, 0.15) is 18.5 Å². The molecular weight excluding hydrogens is 171 g/mol. The van der Waals surface area contributed by atoms with Crippen LogP contribution in [0, 0.1) is 5.82 Å². The minimum atomic E-state index is -0.315. The number of benzene rings is 1. The van der Waals surface area contributed by atoms with Crippen molar-refractivity contribution in [1.82, 2.24) is 5.43 Å². The molecule has 13 heavy (non-hydrogen) atoms. The largest absolute Gasteiger partial charge is 0.496 e. The molecule has 0 heterocycles. The summed E-state index contributed by atoms with van der Waals surface area (Å²) in [4.78, 5) is 0. The second kappa shape index (κ2) is 4.20. The zero-order valence-corrected chi connectivity index (χ0v) is 7.67. The molecule has 0 amide bonds. The van der Waals surface area contributed by atoms with Crippen molar-refractivity contribution in [1.29, 1.82) is 0 Å². The maximum Gasteiger partial charge on any atom is 0.126 e. The molecule has 72 valence electrons. The van der Waals surface area contributed by atoms with Gasteiger partial charge < -0.3 is 4.74 Å². The van der Waals surface area contributed by atoms with E-state index in [1.807, 2.05) is 6.92 Å². The van der Waals surface area contributed by atoms with E-state index in [2.05, 4.69) is 5.43 Å². The number of hydrazine groups is 1. The molecule has 1 unspecified atom stereocenters. The van der Waals surface area contributed by atoms with Crippen LogP contribution in [0.5, 0.6) is 5.75 Å². The molecule has 1 rings (SSSR count). The van der Waals surface area contributed by atoms with Gasteiger partial charge in [-0.05, 0) is 13.0 Å². The first-order valence-electron chi connectivity index (χ1n) is 3.98. The van der Waals surface area contributed by atoms with Crippen molar-refractivity contribution >= 4 is 0 Å². The van der Waals surface area contributed by atoms with Gasteiger partial charge in [0.05, 0.1) is 7.11 Å². The van der Waals surface area contributed by atoms with Crippen LogP contribution >= 0.6 is 0 Å². The number of nitrogens with one attached hydrogen (secondary N) is 1. The van der Waals surface area contributed by atoms with Gasteiger partial charge in [-0.15, -0.1) is 0 Å². The average molecular weight is 184 g/mol. The summed E-state index contributed by atoms with van der Waals surface area (Å²) in [5.41, 5.74) is 3.41. The topological polar surface area (TPSA) is 47.3 Å². The Balaban J connectivity index is 3.05. The molecule has 1 aromatic carbocycles. The second-order valence-corrected chi connectivity index (χ2v) is 2.77. The lowest BCUT2D eigenvalue weighted by atomic mass is 10.1. The van der Waals surface area contributed by atoms with Gasteiger partial charge in [0.2, 0.25) is 0 Å². The maximum absolute atomic E-state index is 12.8. The fourth-order valence-corrected chi connectivity index (χ4v) is 1.13. The zero-order chi connectivity index (χ0) is 9.84. The van der Waals surface area contributed by atoms with E-state index in [0.29, 0.717) is 5.75 Å². The normalized spacial score (nSPS) is 12.6. The van der Waals surface area contributed by atoms with E-state index in [1.54, 1.807) is 6.07 Å². The third-order valence-corrected chi connectivity index (χ3v) is 1.91. The molecule has 0 aromatic heterocycles. The first-order chi connectivity index (χ1) is 6.19. The molecule has 0 aliphatic rings. The summed E-state index contributed by atoms with van der Waals surface area (Å²) in [6, 6.07) is 4.31. The van der Waals surface area contributed by atoms with Crippen LogP contribution in [0.15, 0.2) is 18.2 Å². The lowest BCUT2D eigenvalue weighted by molar-refractivity contribution is 0.399. The molecule has 1 aromatic rings. The Bertz CT molecular complexity index is 291. The second-order valence-electron chi connectivity index (χ2n) is 2.77. The number of ether oxygens (including phenoxy) is 1. The Hall–Kier alpha value is -1.13. The molecule has 0 fully saturated rings. The van der Waals surface area contributed by atoms with Gasteiger partial charge in [0, 0.05) is 17.7 Å². The van der Waals surface area contributed by atoms with Crippen molar-refractivity contribution in [3.8, 4) is 5.75 Å². The van der Waals surface area contributed by atoms with E-state index < -0.39 is 0 Å². The molecule has 0 saturated heterocycles. The van der Waals surface area contributed by atoms with Crippen molar-refractivity contribution in [3.05, 3.63) is 29.6 Å². The molecule has 0 aliphatic heterocycles. The molecule has 0 bridgehead atoms. The molecule has 4 heteroatoms. The molecule has 0 radical (unpaired) electrons. The van der Waals surface area contributed by atoms with Crippen LogP contribution in [-0.2, 0) is 0 Å². The van der Waals surface area contributed by atoms with Crippen molar-refractivity contribution in [2.75, 3.05) is 7.11 Å². The average Bonchev–Trinajstić information content (AvgIpc) is 2.16. The van der Waals surface area contributed by atoms with E-state index in [0.717, 1.165) is 5.56 Å². The molecule has 1 atom stereocenters. The lowest BCUT2D eigenvalue weighted by Crippen LogP contribution is -2.25. The van der Waals surface area contributed by atoms with Crippen molar-refractivity contribution in [2.24, 2.45) is 5.84 Å². The summed E-state index contributed by atoms with van der Waals surface area (Å²) in [6.07, 6.45) is 0. The van der Waals surface area contributed by atoms with E-state index in [-0.39, 0.29) is 11.9 Å². The van der Waals surface area contributed by atoms with Crippen LogP contribution in [-0.4, -0.2) is 7.11 Å². The third kappa shape index (κ3) is 2.17. The van der Waals surface area contributed by atoms with Crippen LogP contribution in [0.3, 0.4) is 0 Å². The van der Waals surface area contributed by atoms with Crippen LogP contribution in [0.25, 0.3) is 0 Å². The Morgan fingerprint density at radius 2 is 2.23 bits per heavy atom. The van der Waals surface area contributed by atoms with Crippen LogP contribution in [0.2, 0.25) is 0 Å². The molecule has 3 N–H and O–H groups in total. The monoisotopic (exact) mass is 184 g/mol. The fourth-order valence-electron chi connectivity index (χ4n) is 1.13. The predicted molar refractivity (Wildman–Crippen MR) is 48.7 cm³/mol. The maximum atomic E-state index is 12.8. The van der Waals surface area contributed by atoms with Crippen molar-refractivity contribution < 1.29 is 9.13 Å². The number of rotatable bonds is 3. The number of halogens is 1. The molecule has 0 spiro atoms. The van der Waals surface area contributed by atoms with Gasteiger partial charge >= 0.3 is 0 Å². The van der Waals surface area contributed by atoms with Crippen molar-refractivity contribution in [3.63, 3.8) is 0 Å². The molecule has 0 aliphatic carbocycles. The first kappa shape index (κ1) is 9.95. The van der Waals surface area contributed by atoms with Crippen LogP contribution in [0.4, 0.5) is 4.39 Å². The highest BCUT2D eigenvalue weighted by Gasteiger charge is 2.09. The zero-order valence-electron chi connectivity index (χ0n) is 7.67. The highest BCUT2D eigenvalue weighted by Crippen LogP contribution is 2.24. The first-order valence-corrected chi connectivity index (χ1v) is 3.98. The summed E-state index contributed by atoms with van der Waals surface area (Å²) in [6.45, 7) is 1.87. The highest BCUT2D eigenvalue weighted by molar-refractivity contribution is 5.36.